The van der Waals surface area contributed by atoms with Crippen LogP contribution in [-0.4, -0.2) is 72.7 Å². The van der Waals surface area contributed by atoms with E-state index in [1.54, 1.807) is 46.2 Å². The summed E-state index contributed by atoms with van der Waals surface area (Å²) in [6.45, 7) is 5.60. The number of urea groups is 1. The first kappa shape index (κ1) is 29.0. The molecule has 4 rings (SSSR count). The van der Waals surface area contributed by atoms with Crippen molar-refractivity contribution in [1.82, 2.24) is 19.4 Å². The molecule has 3 amide bonds. The van der Waals surface area contributed by atoms with Gasteiger partial charge < -0.3 is 15.1 Å². The van der Waals surface area contributed by atoms with Crippen LogP contribution in [-0.2, 0) is 21.4 Å². The van der Waals surface area contributed by atoms with E-state index in [1.807, 2.05) is 6.92 Å². The van der Waals surface area contributed by atoms with Gasteiger partial charge in [0, 0.05) is 38.3 Å². The van der Waals surface area contributed by atoms with Gasteiger partial charge in [0.1, 0.15) is 5.82 Å². The van der Waals surface area contributed by atoms with Crippen molar-refractivity contribution < 1.29 is 22.4 Å². The molecule has 1 aliphatic heterocycles. The second-order valence-corrected chi connectivity index (χ2v) is 12.4. The number of nitrogens with one attached hydrogen (secondary N) is 1. The number of nitrogens with zero attached hydrogens (tertiary/aromatic N) is 3. The standard InChI is InChI=1S/C29H39FN4O4S/c1-3-4-17-31-29(36)32-18-15-25(16-19-32)33(20-23-7-9-24(30)10-8-23)28(35)21-34(26-11-12-26)39(37,38)27-13-5-22(2)6-14-27/h5-10,13-14,25-26H,3-4,11-12,15-21H2,1-2H3,(H,31,36). The van der Waals surface area contributed by atoms with Gasteiger partial charge in [-0.1, -0.05) is 43.2 Å². The molecule has 2 aromatic carbocycles. The highest BCUT2D eigenvalue weighted by molar-refractivity contribution is 7.89. The van der Waals surface area contributed by atoms with Crippen LogP contribution < -0.4 is 5.32 Å². The van der Waals surface area contributed by atoms with Gasteiger partial charge in [-0.2, -0.15) is 4.31 Å². The van der Waals surface area contributed by atoms with Crippen molar-refractivity contribution >= 4 is 22.0 Å². The Kier molecular flexibility index (Phi) is 9.61. The van der Waals surface area contributed by atoms with E-state index in [0.29, 0.717) is 32.5 Å². The van der Waals surface area contributed by atoms with Gasteiger partial charge in [-0.3, -0.25) is 4.79 Å². The fourth-order valence-electron chi connectivity index (χ4n) is 4.91. The molecule has 0 radical (unpaired) electrons. The predicted octanol–water partition coefficient (Wildman–Crippen LogP) is 4.29. The number of benzene rings is 2. The number of unbranched alkanes of at least 4 members (excludes halogenated alkanes) is 1. The van der Waals surface area contributed by atoms with Crippen LogP contribution in [0.5, 0.6) is 0 Å². The Morgan fingerprint density at radius 1 is 0.974 bits per heavy atom. The maximum absolute atomic E-state index is 13.8. The first-order valence-corrected chi connectivity index (χ1v) is 15.3. The monoisotopic (exact) mass is 558 g/mol. The van der Waals surface area contributed by atoms with Crippen LogP contribution in [0.1, 0.15) is 56.6 Å². The number of sulfonamides is 1. The quantitative estimate of drug-likeness (QED) is 0.417. The Balaban J connectivity index is 1.50. The van der Waals surface area contributed by atoms with Gasteiger partial charge in [-0.05, 0) is 68.9 Å². The van der Waals surface area contributed by atoms with Crippen molar-refractivity contribution in [3.63, 3.8) is 0 Å². The molecule has 2 aliphatic rings. The Bertz CT molecular complexity index is 1220. The molecular formula is C29H39FN4O4S. The van der Waals surface area contributed by atoms with Crippen LogP contribution in [0, 0.1) is 12.7 Å². The van der Waals surface area contributed by atoms with E-state index in [-0.39, 0.29) is 47.8 Å². The first-order valence-electron chi connectivity index (χ1n) is 13.8. The van der Waals surface area contributed by atoms with E-state index in [4.69, 9.17) is 0 Å². The Labute approximate surface area is 231 Å². The van der Waals surface area contributed by atoms with Crippen molar-refractivity contribution in [2.24, 2.45) is 0 Å². The van der Waals surface area contributed by atoms with Gasteiger partial charge in [0.2, 0.25) is 15.9 Å². The highest BCUT2D eigenvalue weighted by Crippen LogP contribution is 2.32. The highest BCUT2D eigenvalue weighted by Gasteiger charge is 2.41. The average molecular weight is 559 g/mol. The molecule has 0 unspecified atom stereocenters. The van der Waals surface area contributed by atoms with E-state index in [2.05, 4.69) is 12.2 Å². The third-order valence-corrected chi connectivity index (χ3v) is 9.37. The summed E-state index contributed by atoms with van der Waals surface area (Å²) in [5.41, 5.74) is 1.72. The number of hydrogen-bond donors (Lipinski definition) is 1. The topological polar surface area (TPSA) is 90.0 Å². The summed E-state index contributed by atoms with van der Waals surface area (Å²) >= 11 is 0. The summed E-state index contributed by atoms with van der Waals surface area (Å²) in [5, 5.41) is 2.94. The molecule has 1 saturated heterocycles. The fourth-order valence-corrected chi connectivity index (χ4v) is 6.55. The van der Waals surface area contributed by atoms with Gasteiger partial charge >= 0.3 is 6.03 Å². The third-order valence-electron chi connectivity index (χ3n) is 7.46. The largest absolute Gasteiger partial charge is 0.338 e. The fraction of sp³-hybridized carbons (Fsp3) is 0.517. The second kappa shape index (κ2) is 12.9. The molecule has 0 atom stereocenters. The Morgan fingerprint density at radius 2 is 1.62 bits per heavy atom. The zero-order valence-corrected chi connectivity index (χ0v) is 23.6. The highest BCUT2D eigenvalue weighted by atomic mass is 32.2. The molecule has 212 valence electrons. The van der Waals surface area contributed by atoms with Crippen LogP contribution in [0.2, 0.25) is 0 Å². The van der Waals surface area contributed by atoms with E-state index in [9.17, 15) is 22.4 Å². The number of likely N-dealkylation sites (tertiary alicyclic amines) is 1. The zero-order chi connectivity index (χ0) is 28.0. The van der Waals surface area contributed by atoms with Crippen molar-refractivity contribution in [3.05, 3.63) is 65.5 Å². The molecule has 1 saturated carbocycles. The summed E-state index contributed by atoms with van der Waals surface area (Å²) in [6, 6.07) is 12.2. The summed E-state index contributed by atoms with van der Waals surface area (Å²) in [7, 11) is -3.85. The molecular weight excluding hydrogens is 519 g/mol. The molecule has 0 spiro atoms. The molecule has 1 N–H and O–H groups in total. The second-order valence-electron chi connectivity index (χ2n) is 10.5. The number of rotatable bonds is 11. The van der Waals surface area contributed by atoms with Gasteiger partial charge in [-0.25, -0.2) is 17.6 Å². The van der Waals surface area contributed by atoms with Gasteiger partial charge in [0.15, 0.2) is 0 Å². The summed E-state index contributed by atoms with van der Waals surface area (Å²) in [6.07, 6.45) is 4.54. The SMILES string of the molecule is CCCCNC(=O)N1CCC(N(Cc2ccc(F)cc2)C(=O)CN(C2CC2)S(=O)(=O)c2ccc(C)cc2)CC1. The maximum Gasteiger partial charge on any atom is 0.317 e. The molecule has 0 bridgehead atoms. The van der Waals surface area contributed by atoms with Crippen molar-refractivity contribution in [1.29, 1.82) is 0 Å². The lowest BCUT2D eigenvalue weighted by Gasteiger charge is -2.39. The van der Waals surface area contributed by atoms with E-state index in [1.165, 1.54) is 16.4 Å². The van der Waals surface area contributed by atoms with Gasteiger partial charge in [0.25, 0.3) is 0 Å². The lowest BCUT2D eigenvalue weighted by atomic mass is 10.0. The normalized spacial score (nSPS) is 16.4. The average Bonchev–Trinajstić information content (AvgIpc) is 3.77. The number of carbonyl (C=O) groups excluding carboxylic acids is 2. The molecule has 1 aliphatic carbocycles. The Morgan fingerprint density at radius 3 is 2.21 bits per heavy atom. The van der Waals surface area contributed by atoms with Crippen molar-refractivity contribution in [2.75, 3.05) is 26.2 Å². The Hall–Kier alpha value is -2.98. The minimum atomic E-state index is -3.85. The molecule has 10 heteroatoms. The molecule has 8 nitrogen and oxygen atoms in total. The lowest BCUT2D eigenvalue weighted by molar-refractivity contribution is -0.135. The summed E-state index contributed by atoms with van der Waals surface area (Å²) in [4.78, 5) is 30.0. The van der Waals surface area contributed by atoms with E-state index < -0.39 is 10.0 Å². The lowest BCUT2D eigenvalue weighted by Crippen LogP contribution is -2.52. The third kappa shape index (κ3) is 7.57. The zero-order valence-electron chi connectivity index (χ0n) is 22.8. The number of piperidine rings is 1. The van der Waals surface area contributed by atoms with Gasteiger partial charge in [-0.15, -0.1) is 0 Å². The van der Waals surface area contributed by atoms with Crippen LogP contribution in [0.3, 0.4) is 0 Å². The predicted molar refractivity (Wildman–Crippen MR) is 148 cm³/mol. The van der Waals surface area contributed by atoms with Crippen LogP contribution in [0.4, 0.5) is 9.18 Å². The van der Waals surface area contributed by atoms with Crippen molar-refractivity contribution in [3.8, 4) is 0 Å². The van der Waals surface area contributed by atoms with Crippen molar-refractivity contribution in [2.45, 2.75) is 75.9 Å². The number of halogens is 1. The molecule has 2 aromatic rings. The van der Waals surface area contributed by atoms with E-state index >= 15 is 0 Å². The molecule has 0 aromatic heterocycles. The first-order chi connectivity index (χ1) is 18.7. The van der Waals surface area contributed by atoms with E-state index in [0.717, 1.165) is 36.8 Å². The summed E-state index contributed by atoms with van der Waals surface area (Å²) in [5.74, 6) is -0.643. The smallest absolute Gasteiger partial charge is 0.317 e. The van der Waals surface area contributed by atoms with Crippen LogP contribution in [0.25, 0.3) is 0 Å². The minimum Gasteiger partial charge on any atom is -0.338 e. The summed E-state index contributed by atoms with van der Waals surface area (Å²) < 4.78 is 42.0. The maximum atomic E-state index is 13.8. The number of carbonyl (C=O) groups is 2. The minimum absolute atomic E-state index is 0.0950. The molecule has 1 heterocycles. The van der Waals surface area contributed by atoms with Crippen LogP contribution >= 0.6 is 0 Å². The van der Waals surface area contributed by atoms with Gasteiger partial charge in [0.05, 0.1) is 11.4 Å². The van der Waals surface area contributed by atoms with Crippen LogP contribution in [0.15, 0.2) is 53.4 Å². The molecule has 2 fully saturated rings. The molecule has 39 heavy (non-hydrogen) atoms. The number of aryl methyl sites for hydroxylation is 1. The number of amides is 3. The number of hydrogen-bond acceptors (Lipinski definition) is 4.